The van der Waals surface area contributed by atoms with Crippen molar-refractivity contribution in [1.29, 1.82) is 0 Å². The van der Waals surface area contributed by atoms with E-state index in [0.29, 0.717) is 0 Å². The van der Waals surface area contributed by atoms with Crippen LogP contribution in [0.25, 0.3) is 0 Å². The molecule has 0 aliphatic heterocycles. The van der Waals surface area contributed by atoms with E-state index in [1.54, 1.807) is 7.11 Å². The summed E-state index contributed by atoms with van der Waals surface area (Å²) in [4.78, 5) is 0. The van der Waals surface area contributed by atoms with E-state index in [4.69, 9.17) is 10.6 Å². The van der Waals surface area contributed by atoms with E-state index in [-0.39, 0.29) is 6.04 Å². The molecule has 2 aromatic rings. The van der Waals surface area contributed by atoms with E-state index in [1.807, 2.05) is 18.2 Å². The van der Waals surface area contributed by atoms with Gasteiger partial charge in [-0.3, -0.25) is 5.84 Å². The number of nitrogens with one attached hydrogen (secondary N) is 1. The monoisotopic (exact) mass is 334 g/mol. The SMILES string of the molecule is COc1ccc(Br)c(C(NN)c2ccc(C)cc2C)c1. The zero-order chi connectivity index (χ0) is 14.7. The van der Waals surface area contributed by atoms with Crippen LogP contribution in [0.15, 0.2) is 40.9 Å². The lowest BCUT2D eigenvalue weighted by molar-refractivity contribution is 0.413. The molecular weight excluding hydrogens is 316 g/mol. The van der Waals surface area contributed by atoms with Crippen molar-refractivity contribution in [1.82, 2.24) is 5.43 Å². The highest BCUT2D eigenvalue weighted by Crippen LogP contribution is 2.32. The maximum absolute atomic E-state index is 5.79. The van der Waals surface area contributed by atoms with Crippen LogP contribution in [0.2, 0.25) is 0 Å². The van der Waals surface area contributed by atoms with Gasteiger partial charge in [0, 0.05) is 4.47 Å². The standard InChI is InChI=1S/C16H19BrN2O/c1-10-4-6-13(11(2)8-10)16(19-18)14-9-12(20-3)5-7-15(14)17/h4-9,16,19H,18H2,1-3H3. The molecule has 3 N–H and O–H groups in total. The fourth-order valence-corrected chi connectivity index (χ4v) is 2.84. The van der Waals surface area contributed by atoms with Crippen LogP contribution in [0.5, 0.6) is 5.75 Å². The van der Waals surface area contributed by atoms with E-state index in [9.17, 15) is 0 Å². The molecule has 1 unspecified atom stereocenters. The highest BCUT2D eigenvalue weighted by Gasteiger charge is 2.18. The highest BCUT2D eigenvalue weighted by molar-refractivity contribution is 9.10. The first-order chi connectivity index (χ1) is 9.56. The molecule has 3 nitrogen and oxygen atoms in total. The number of benzene rings is 2. The van der Waals surface area contributed by atoms with Gasteiger partial charge in [0.25, 0.3) is 0 Å². The lowest BCUT2D eigenvalue weighted by Gasteiger charge is -2.21. The van der Waals surface area contributed by atoms with Crippen molar-refractivity contribution in [2.75, 3.05) is 7.11 Å². The number of nitrogens with two attached hydrogens (primary N) is 1. The molecule has 20 heavy (non-hydrogen) atoms. The second kappa shape index (κ2) is 6.39. The first-order valence-electron chi connectivity index (χ1n) is 6.43. The first-order valence-corrected chi connectivity index (χ1v) is 7.23. The Hall–Kier alpha value is -1.36. The third-order valence-electron chi connectivity index (χ3n) is 3.42. The zero-order valence-corrected chi connectivity index (χ0v) is 13.5. The Bertz CT molecular complexity index is 613. The zero-order valence-electron chi connectivity index (χ0n) is 11.9. The molecule has 0 bridgehead atoms. The predicted octanol–water partition coefficient (Wildman–Crippen LogP) is 3.63. The molecule has 0 heterocycles. The van der Waals surface area contributed by atoms with Crippen LogP contribution in [0.3, 0.4) is 0 Å². The smallest absolute Gasteiger partial charge is 0.119 e. The van der Waals surface area contributed by atoms with E-state index in [0.717, 1.165) is 21.3 Å². The van der Waals surface area contributed by atoms with Crippen molar-refractivity contribution < 1.29 is 4.74 Å². The molecule has 4 heteroatoms. The molecule has 106 valence electrons. The van der Waals surface area contributed by atoms with Crippen LogP contribution in [0, 0.1) is 13.8 Å². The number of halogens is 1. The summed E-state index contributed by atoms with van der Waals surface area (Å²) in [6.07, 6.45) is 0. The van der Waals surface area contributed by atoms with Gasteiger partial charge in [0.05, 0.1) is 13.2 Å². The number of hydrogen-bond acceptors (Lipinski definition) is 3. The Morgan fingerprint density at radius 2 is 1.85 bits per heavy atom. The van der Waals surface area contributed by atoms with Crippen LogP contribution in [-0.4, -0.2) is 7.11 Å². The van der Waals surface area contributed by atoms with Gasteiger partial charge in [0.15, 0.2) is 0 Å². The Morgan fingerprint density at radius 1 is 1.10 bits per heavy atom. The van der Waals surface area contributed by atoms with E-state index in [1.165, 1.54) is 11.1 Å². The van der Waals surface area contributed by atoms with Gasteiger partial charge in [-0.2, -0.15) is 0 Å². The molecule has 1 atom stereocenters. The Kier molecular flexibility index (Phi) is 4.81. The average molecular weight is 335 g/mol. The minimum absolute atomic E-state index is 0.0833. The molecule has 2 aromatic carbocycles. The van der Waals surface area contributed by atoms with Crippen LogP contribution in [-0.2, 0) is 0 Å². The number of methoxy groups -OCH3 is 1. The van der Waals surface area contributed by atoms with Crippen LogP contribution in [0.1, 0.15) is 28.3 Å². The average Bonchev–Trinajstić information content (AvgIpc) is 2.43. The number of hydrazine groups is 1. The maximum atomic E-state index is 5.79. The Balaban J connectivity index is 2.51. The molecule has 0 radical (unpaired) electrons. The van der Waals surface area contributed by atoms with Gasteiger partial charge in [-0.05, 0) is 48.7 Å². The lowest BCUT2D eigenvalue weighted by Crippen LogP contribution is -2.29. The largest absolute Gasteiger partial charge is 0.497 e. The molecule has 0 saturated heterocycles. The maximum Gasteiger partial charge on any atom is 0.119 e. The minimum Gasteiger partial charge on any atom is -0.497 e. The second-order valence-electron chi connectivity index (χ2n) is 4.85. The number of ether oxygens (including phenoxy) is 1. The summed E-state index contributed by atoms with van der Waals surface area (Å²) >= 11 is 3.59. The Morgan fingerprint density at radius 3 is 2.45 bits per heavy atom. The molecule has 0 amide bonds. The Labute approximate surface area is 128 Å². The summed E-state index contributed by atoms with van der Waals surface area (Å²) in [6, 6.07) is 12.2. The highest BCUT2D eigenvalue weighted by atomic mass is 79.9. The minimum atomic E-state index is -0.0833. The number of rotatable bonds is 4. The second-order valence-corrected chi connectivity index (χ2v) is 5.70. The third-order valence-corrected chi connectivity index (χ3v) is 4.14. The quantitative estimate of drug-likeness (QED) is 0.663. The van der Waals surface area contributed by atoms with Gasteiger partial charge in [-0.15, -0.1) is 0 Å². The van der Waals surface area contributed by atoms with Gasteiger partial charge < -0.3 is 4.74 Å². The van der Waals surface area contributed by atoms with Crippen molar-refractivity contribution >= 4 is 15.9 Å². The molecule has 0 aromatic heterocycles. The first kappa shape index (κ1) is 15.0. The lowest BCUT2D eigenvalue weighted by atomic mass is 9.94. The van der Waals surface area contributed by atoms with Crippen molar-refractivity contribution in [3.05, 3.63) is 63.1 Å². The normalized spacial score (nSPS) is 12.2. The summed E-state index contributed by atoms with van der Waals surface area (Å²) in [5.74, 6) is 6.61. The van der Waals surface area contributed by atoms with Gasteiger partial charge >= 0.3 is 0 Å². The molecule has 0 saturated carbocycles. The van der Waals surface area contributed by atoms with Crippen LogP contribution >= 0.6 is 15.9 Å². The fraction of sp³-hybridized carbons (Fsp3) is 0.250. The van der Waals surface area contributed by atoms with Crippen molar-refractivity contribution in [3.8, 4) is 5.75 Å². The van der Waals surface area contributed by atoms with E-state index < -0.39 is 0 Å². The van der Waals surface area contributed by atoms with Gasteiger partial charge in [-0.1, -0.05) is 39.7 Å². The van der Waals surface area contributed by atoms with Crippen molar-refractivity contribution in [2.24, 2.45) is 5.84 Å². The summed E-state index contributed by atoms with van der Waals surface area (Å²) in [5.41, 5.74) is 7.57. The number of hydrogen-bond donors (Lipinski definition) is 2. The molecular formula is C16H19BrN2O. The van der Waals surface area contributed by atoms with Gasteiger partial charge in [0.2, 0.25) is 0 Å². The summed E-state index contributed by atoms with van der Waals surface area (Å²) in [6.45, 7) is 4.18. The van der Waals surface area contributed by atoms with E-state index >= 15 is 0 Å². The summed E-state index contributed by atoms with van der Waals surface area (Å²) < 4.78 is 6.30. The van der Waals surface area contributed by atoms with Crippen molar-refractivity contribution in [2.45, 2.75) is 19.9 Å². The molecule has 0 fully saturated rings. The molecule has 0 spiro atoms. The van der Waals surface area contributed by atoms with Gasteiger partial charge in [0.1, 0.15) is 5.75 Å². The van der Waals surface area contributed by atoms with Crippen LogP contribution in [0.4, 0.5) is 0 Å². The number of aryl methyl sites for hydroxylation is 2. The van der Waals surface area contributed by atoms with Gasteiger partial charge in [-0.25, -0.2) is 5.43 Å². The van der Waals surface area contributed by atoms with E-state index in [2.05, 4.69) is 53.4 Å². The topological polar surface area (TPSA) is 47.3 Å². The van der Waals surface area contributed by atoms with Crippen molar-refractivity contribution in [3.63, 3.8) is 0 Å². The molecule has 0 aliphatic rings. The molecule has 2 rings (SSSR count). The molecule has 0 aliphatic carbocycles. The fourth-order valence-electron chi connectivity index (χ4n) is 2.37. The summed E-state index contributed by atoms with van der Waals surface area (Å²) in [5, 5.41) is 0. The predicted molar refractivity (Wildman–Crippen MR) is 85.8 cm³/mol. The third kappa shape index (κ3) is 3.03. The summed E-state index contributed by atoms with van der Waals surface area (Å²) in [7, 11) is 1.66. The van der Waals surface area contributed by atoms with Crippen LogP contribution < -0.4 is 16.0 Å².